The lowest BCUT2D eigenvalue weighted by Gasteiger charge is -2.12. The van der Waals surface area contributed by atoms with E-state index in [-0.39, 0.29) is 0 Å². The van der Waals surface area contributed by atoms with E-state index < -0.39 is 0 Å². The number of hydrogen-bond donors (Lipinski definition) is 1. The summed E-state index contributed by atoms with van der Waals surface area (Å²) in [6.45, 7) is 1.98. The third-order valence-corrected chi connectivity index (χ3v) is 4.24. The molecule has 1 N–H and O–H groups in total. The fourth-order valence-electron chi connectivity index (χ4n) is 3.02. The van der Waals surface area contributed by atoms with Gasteiger partial charge < -0.3 is 9.47 Å². The molecule has 0 atom stereocenters. The SMILES string of the molecule is COc1ccc(-c2nc3c(C)[nH]nc3c3ccccc23)c(OC)c1. The highest BCUT2D eigenvalue weighted by molar-refractivity contribution is 6.10. The fraction of sp³-hybridized carbons (Fsp3) is 0.158. The summed E-state index contributed by atoms with van der Waals surface area (Å²) >= 11 is 0. The van der Waals surface area contributed by atoms with Crippen molar-refractivity contribution in [3.63, 3.8) is 0 Å². The Kier molecular flexibility index (Phi) is 3.34. The second kappa shape index (κ2) is 5.53. The van der Waals surface area contributed by atoms with Gasteiger partial charge in [0.1, 0.15) is 22.5 Å². The number of aromatic amines is 1. The molecule has 120 valence electrons. The van der Waals surface area contributed by atoms with Crippen LogP contribution in [0.25, 0.3) is 33.1 Å². The number of aromatic nitrogens is 3. The van der Waals surface area contributed by atoms with Gasteiger partial charge in [-0.2, -0.15) is 5.10 Å². The summed E-state index contributed by atoms with van der Waals surface area (Å²) < 4.78 is 10.9. The number of nitrogens with zero attached hydrogens (tertiary/aromatic N) is 2. The minimum atomic E-state index is 0.729. The molecule has 0 aliphatic heterocycles. The molecule has 5 heteroatoms. The fourth-order valence-corrected chi connectivity index (χ4v) is 3.02. The first-order chi connectivity index (χ1) is 11.7. The van der Waals surface area contributed by atoms with Crippen LogP contribution in [-0.4, -0.2) is 29.4 Å². The van der Waals surface area contributed by atoms with Crippen molar-refractivity contribution in [2.45, 2.75) is 6.92 Å². The highest BCUT2D eigenvalue weighted by Gasteiger charge is 2.16. The largest absolute Gasteiger partial charge is 0.497 e. The molecular weight excluding hydrogens is 302 g/mol. The van der Waals surface area contributed by atoms with E-state index in [1.54, 1.807) is 14.2 Å². The number of pyridine rings is 1. The topological polar surface area (TPSA) is 60.0 Å². The van der Waals surface area contributed by atoms with Gasteiger partial charge in [-0.05, 0) is 19.1 Å². The molecule has 0 bridgehead atoms. The minimum absolute atomic E-state index is 0.729. The van der Waals surface area contributed by atoms with E-state index in [4.69, 9.17) is 14.5 Å². The van der Waals surface area contributed by atoms with Crippen LogP contribution in [0.15, 0.2) is 42.5 Å². The Hall–Kier alpha value is -3.08. The summed E-state index contributed by atoms with van der Waals surface area (Å²) in [5.74, 6) is 1.48. The summed E-state index contributed by atoms with van der Waals surface area (Å²) in [6, 6.07) is 13.9. The van der Waals surface area contributed by atoms with Gasteiger partial charge in [0, 0.05) is 22.4 Å². The lowest BCUT2D eigenvalue weighted by Crippen LogP contribution is -1.94. The molecule has 0 aliphatic rings. The Morgan fingerprint density at radius 1 is 0.917 bits per heavy atom. The summed E-state index contributed by atoms with van der Waals surface area (Å²) in [7, 11) is 3.30. The second-order valence-corrected chi connectivity index (χ2v) is 5.62. The van der Waals surface area contributed by atoms with Crippen molar-refractivity contribution in [2.75, 3.05) is 14.2 Å². The van der Waals surface area contributed by atoms with Gasteiger partial charge in [-0.3, -0.25) is 5.10 Å². The molecule has 0 saturated heterocycles. The summed E-state index contributed by atoms with van der Waals surface area (Å²) in [5.41, 5.74) is 4.52. The average molecular weight is 319 g/mol. The smallest absolute Gasteiger partial charge is 0.131 e. The number of H-pyrrole nitrogens is 1. The number of aryl methyl sites for hydroxylation is 1. The molecule has 0 spiro atoms. The van der Waals surface area contributed by atoms with Gasteiger partial charge in [-0.1, -0.05) is 24.3 Å². The zero-order valence-corrected chi connectivity index (χ0v) is 13.8. The number of fused-ring (bicyclic) bond motifs is 3. The molecule has 2 aromatic carbocycles. The van der Waals surface area contributed by atoms with E-state index in [9.17, 15) is 0 Å². The van der Waals surface area contributed by atoms with Gasteiger partial charge in [-0.15, -0.1) is 0 Å². The molecule has 0 saturated carbocycles. The van der Waals surface area contributed by atoms with Gasteiger partial charge in [0.15, 0.2) is 0 Å². The molecular formula is C19H17N3O2. The number of methoxy groups -OCH3 is 2. The normalized spacial score (nSPS) is 11.1. The van der Waals surface area contributed by atoms with Gasteiger partial charge >= 0.3 is 0 Å². The predicted molar refractivity (Wildman–Crippen MR) is 94.7 cm³/mol. The molecule has 4 aromatic rings. The maximum absolute atomic E-state index is 5.57. The quantitative estimate of drug-likeness (QED) is 0.617. The molecule has 0 radical (unpaired) electrons. The van der Waals surface area contributed by atoms with E-state index in [0.29, 0.717) is 0 Å². The number of hydrogen-bond acceptors (Lipinski definition) is 4. The van der Waals surface area contributed by atoms with E-state index in [1.165, 1.54) is 0 Å². The molecule has 4 rings (SSSR count). The Balaban J connectivity index is 2.10. The zero-order valence-electron chi connectivity index (χ0n) is 13.8. The minimum Gasteiger partial charge on any atom is -0.497 e. The van der Waals surface area contributed by atoms with E-state index in [0.717, 1.165) is 50.3 Å². The summed E-state index contributed by atoms with van der Waals surface area (Å²) in [4.78, 5) is 4.88. The van der Waals surface area contributed by atoms with Crippen molar-refractivity contribution >= 4 is 21.8 Å². The van der Waals surface area contributed by atoms with Crippen LogP contribution >= 0.6 is 0 Å². The molecule has 5 nitrogen and oxygen atoms in total. The van der Waals surface area contributed by atoms with Crippen LogP contribution in [0.4, 0.5) is 0 Å². The average Bonchev–Trinajstić information content (AvgIpc) is 3.01. The van der Waals surface area contributed by atoms with Crippen LogP contribution in [0.1, 0.15) is 5.69 Å². The van der Waals surface area contributed by atoms with Crippen LogP contribution in [0.2, 0.25) is 0 Å². The van der Waals surface area contributed by atoms with Crippen LogP contribution in [0, 0.1) is 6.92 Å². The zero-order chi connectivity index (χ0) is 16.7. The first kappa shape index (κ1) is 14.5. The maximum atomic E-state index is 5.57. The first-order valence-corrected chi connectivity index (χ1v) is 7.68. The lowest BCUT2D eigenvalue weighted by molar-refractivity contribution is 0.395. The Morgan fingerprint density at radius 3 is 2.46 bits per heavy atom. The van der Waals surface area contributed by atoms with Crippen molar-refractivity contribution in [1.29, 1.82) is 0 Å². The van der Waals surface area contributed by atoms with Crippen molar-refractivity contribution in [3.8, 4) is 22.8 Å². The lowest BCUT2D eigenvalue weighted by atomic mass is 10.0. The van der Waals surface area contributed by atoms with E-state index in [2.05, 4.69) is 22.3 Å². The standard InChI is InChI=1S/C19H17N3O2/c1-11-17-19(22-21-11)14-7-5-4-6-13(14)18(20-17)15-9-8-12(23-2)10-16(15)24-3/h4-10H,1-3H3,(H,21,22). The van der Waals surface area contributed by atoms with Gasteiger partial charge in [0.2, 0.25) is 0 Å². The third kappa shape index (κ3) is 2.09. The van der Waals surface area contributed by atoms with Gasteiger partial charge in [0.25, 0.3) is 0 Å². The molecule has 0 fully saturated rings. The monoisotopic (exact) mass is 319 g/mol. The van der Waals surface area contributed by atoms with Crippen molar-refractivity contribution in [3.05, 3.63) is 48.2 Å². The van der Waals surface area contributed by atoms with Crippen LogP contribution in [-0.2, 0) is 0 Å². The Bertz CT molecular complexity index is 1050. The van der Waals surface area contributed by atoms with Crippen molar-refractivity contribution in [2.24, 2.45) is 0 Å². The molecule has 0 aliphatic carbocycles. The summed E-state index contributed by atoms with van der Waals surface area (Å²) in [6.07, 6.45) is 0. The maximum Gasteiger partial charge on any atom is 0.131 e. The van der Waals surface area contributed by atoms with Crippen LogP contribution in [0.5, 0.6) is 11.5 Å². The molecule has 0 unspecified atom stereocenters. The number of ether oxygens (including phenoxy) is 2. The molecule has 2 heterocycles. The number of benzene rings is 2. The predicted octanol–water partition coefficient (Wildman–Crippen LogP) is 4.10. The van der Waals surface area contributed by atoms with E-state index in [1.807, 2.05) is 37.3 Å². The van der Waals surface area contributed by atoms with Gasteiger partial charge in [-0.25, -0.2) is 4.98 Å². The Morgan fingerprint density at radius 2 is 1.71 bits per heavy atom. The number of rotatable bonds is 3. The molecule has 0 amide bonds. The van der Waals surface area contributed by atoms with Crippen molar-refractivity contribution in [1.82, 2.24) is 15.2 Å². The first-order valence-electron chi connectivity index (χ1n) is 7.68. The van der Waals surface area contributed by atoms with Crippen LogP contribution < -0.4 is 9.47 Å². The highest BCUT2D eigenvalue weighted by Crippen LogP contribution is 2.38. The Labute approximate surface area is 139 Å². The van der Waals surface area contributed by atoms with Crippen LogP contribution in [0.3, 0.4) is 0 Å². The second-order valence-electron chi connectivity index (χ2n) is 5.62. The van der Waals surface area contributed by atoms with E-state index >= 15 is 0 Å². The number of nitrogens with one attached hydrogen (secondary N) is 1. The molecule has 2 aromatic heterocycles. The van der Waals surface area contributed by atoms with Gasteiger partial charge in [0.05, 0.1) is 25.6 Å². The van der Waals surface area contributed by atoms with Crippen molar-refractivity contribution < 1.29 is 9.47 Å². The molecule has 24 heavy (non-hydrogen) atoms. The third-order valence-electron chi connectivity index (χ3n) is 4.24. The summed E-state index contributed by atoms with van der Waals surface area (Å²) in [5, 5.41) is 9.55. The highest BCUT2D eigenvalue weighted by atomic mass is 16.5.